The minimum Gasteiger partial charge on any atom is -0.488 e. The monoisotopic (exact) mass is 506 g/mol. The SMILES string of the molecule is CCCCCC1(c2ccccc2)C=CC(c2ccc(OCC(OCC)OCC)c(CCO)c2)=C(CC)C1. The number of allylic oxidation sites excluding steroid dienone is 4. The molecule has 202 valence electrons. The van der Waals surface area contributed by atoms with Crippen molar-refractivity contribution in [2.24, 2.45) is 0 Å². The molecule has 0 spiro atoms. The molecule has 3 rings (SSSR count). The molecule has 1 aliphatic rings. The zero-order valence-electron chi connectivity index (χ0n) is 23.3. The van der Waals surface area contributed by atoms with Crippen molar-refractivity contribution >= 4 is 5.57 Å². The first-order valence-corrected chi connectivity index (χ1v) is 14.2. The van der Waals surface area contributed by atoms with Gasteiger partial charge >= 0.3 is 0 Å². The van der Waals surface area contributed by atoms with Crippen LogP contribution in [0.3, 0.4) is 0 Å². The third-order valence-electron chi connectivity index (χ3n) is 7.31. The number of hydrogen-bond donors (Lipinski definition) is 1. The Hall–Kier alpha value is -2.40. The van der Waals surface area contributed by atoms with Crippen LogP contribution in [0.1, 0.15) is 82.9 Å². The van der Waals surface area contributed by atoms with Crippen LogP contribution >= 0.6 is 0 Å². The predicted octanol–water partition coefficient (Wildman–Crippen LogP) is 7.64. The molecule has 0 bridgehead atoms. The fourth-order valence-corrected chi connectivity index (χ4v) is 5.36. The zero-order valence-corrected chi connectivity index (χ0v) is 23.3. The first-order chi connectivity index (χ1) is 18.1. The highest BCUT2D eigenvalue weighted by atomic mass is 16.7. The van der Waals surface area contributed by atoms with Crippen molar-refractivity contribution in [2.75, 3.05) is 26.4 Å². The van der Waals surface area contributed by atoms with Gasteiger partial charge in [0.2, 0.25) is 0 Å². The number of benzene rings is 2. The maximum Gasteiger partial charge on any atom is 0.191 e. The van der Waals surface area contributed by atoms with Crippen LogP contribution in [-0.2, 0) is 21.3 Å². The quantitative estimate of drug-likeness (QED) is 0.188. The van der Waals surface area contributed by atoms with E-state index in [1.54, 1.807) is 0 Å². The second-order valence-electron chi connectivity index (χ2n) is 9.81. The number of hydrogen-bond acceptors (Lipinski definition) is 4. The second-order valence-corrected chi connectivity index (χ2v) is 9.81. The summed E-state index contributed by atoms with van der Waals surface area (Å²) >= 11 is 0. The summed E-state index contributed by atoms with van der Waals surface area (Å²) in [5, 5.41) is 9.76. The molecule has 0 fully saturated rings. The van der Waals surface area contributed by atoms with Crippen LogP contribution in [-0.4, -0.2) is 37.8 Å². The van der Waals surface area contributed by atoms with E-state index in [0.29, 0.717) is 26.2 Å². The molecule has 2 aromatic rings. The first-order valence-electron chi connectivity index (χ1n) is 14.2. The molecule has 2 aromatic carbocycles. The Bertz CT molecular complexity index is 1000. The number of ether oxygens (including phenoxy) is 3. The van der Waals surface area contributed by atoms with E-state index >= 15 is 0 Å². The maximum atomic E-state index is 9.76. The van der Waals surface area contributed by atoms with Gasteiger partial charge in [0.1, 0.15) is 12.4 Å². The summed E-state index contributed by atoms with van der Waals surface area (Å²) in [6.07, 6.45) is 11.9. The van der Waals surface area contributed by atoms with E-state index in [4.69, 9.17) is 14.2 Å². The summed E-state index contributed by atoms with van der Waals surface area (Å²) < 4.78 is 17.4. The van der Waals surface area contributed by atoms with Crippen molar-refractivity contribution < 1.29 is 19.3 Å². The fraction of sp³-hybridized carbons (Fsp3) is 0.515. The Morgan fingerprint density at radius 1 is 0.946 bits per heavy atom. The van der Waals surface area contributed by atoms with Crippen molar-refractivity contribution in [3.63, 3.8) is 0 Å². The number of aliphatic hydroxyl groups is 1. The van der Waals surface area contributed by atoms with E-state index < -0.39 is 6.29 Å². The highest BCUT2D eigenvalue weighted by Crippen LogP contribution is 2.45. The van der Waals surface area contributed by atoms with Crippen LogP contribution in [0.15, 0.2) is 66.3 Å². The minimum absolute atomic E-state index is 0.0514. The van der Waals surface area contributed by atoms with E-state index in [-0.39, 0.29) is 12.0 Å². The lowest BCUT2D eigenvalue weighted by molar-refractivity contribution is -0.152. The number of aliphatic hydroxyl groups excluding tert-OH is 1. The third kappa shape index (κ3) is 7.80. The number of rotatable bonds is 16. The first kappa shape index (κ1) is 29.2. The summed E-state index contributed by atoms with van der Waals surface area (Å²) in [6, 6.07) is 17.4. The lowest BCUT2D eigenvalue weighted by Crippen LogP contribution is -2.27. The van der Waals surface area contributed by atoms with Gasteiger partial charge < -0.3 is 19.3 Å². The van der Waals surface area contributed by atoms with Crippen molar-refractivity contribution in [1.82, 2.24) is 0 Å². The molecule has 0 aromatic heterocycles. The molecule has 1 N–H and O–H groups in total. The van der Waals surface area contributed by atoms with Gasteiger partial charge in [0.15, 0.2) is 6.29 Å². The highest BCUT2D eigenvalue weighted by molar-refractivity contribution is 5.79. The molecule has 1 atom stereocenters. The molecule has 4 nitrogen and oxygen atoms in total. The molecule has 0 saturated carbocycles. The molecular weight excluding hydrogens is 460 g/mol. The van der Waals surface area contributed by atoms with Crippen LogP contribution in [0.5, 0.6) is 5.75 Å². The molecule has 0 amide bonds. The minimum atomic E-state index is -0.397. The molecule has 1 aliphatic carbocycles. The van der Waals surface area contributed by atoms with Gasteiger partial charge in [-0.3, -0.25) is 0 Å². The van der Waals surface area contributed by atoms with Crippen LogP contribution in [0, 0.1) is 0 Å². The van der Waals surface area contributed by atoms with Crippen molar-refractivity contribution in [3.8, 4) is 5.75 Å². The van der Waals surface area contributed by atoms with Crippen LogP contribution in [0.25, 0.3) is 5.57 Å². The van der Waals surface area contributed by atoms with Gasteiger partial charge in [-0.1, -0.05) is 87.2 Å². The van der Waals surface area contributed by atoms with Gasteiger partial charge in [0, 0.05) is 25.2 Å². The summed E-state index contributed by atoms with van der Waals surface area (Å²) in [5.41, 5.74) is 6.44. The van der Waals surface area contributed by atoms with Gasteiger partial charge in [0.25, 0.3) is 0 Å². The van der Waals surface area contributed by atoms with Gasteiger partial charge in [-0.15, -0.1) is 0 Å². The predicted molar refractivity (Wildman–Crippen MR) is 153 cm³/mol. The van der Waals surface area contributed by atoms with Crippen LogP contribution in [0.2, 0.25) is 0 Å². The fourth-order valence-electron chi connectivity index (χ4n) is 5.36. The van der Waals surface area contributed by atoms with Crippen molar-refractivity contribution in [3.05, 3.63) is 82.9 Å². The van der Waals surface area contributed by atoms with Crippen LogP contribution in [0.4, 0.5) is 0 Å². The van der Waals surface area contributed by atoms with E-state index in [1.807, 2.05) is 19.9 Å². The lowest BCUT2D eigenvalue weighted by Gasteiger charge is -2.36. The molecule has 4 heteroatoms. The Kier molecular flexibility index (Phi) is 11.9. The summed E-state index contributed by atoms with van der Waals surface area (Å²) in [6.45, 7) is 9.97. The van der Waals surface area contributed by atoms with Crippen LogP contribution < -0.4 is 4.74 Å². The largest absolute Gasteiger partial charge is 0.488 e. The molecule has 37 heavy (non-hydrogen) atoms. The summed E-state index contributed by atoms with van der Waals surface area (Å²) in [7, 11) is 0. The Labute approximate surface area is 224 Å². The van der Waals surface area contributed by atoms with E-state index in [9.17, 15) is 5.11 Å². The van der Waals surface area contributed by atoms with Gasteiger partial charge in [-0.05, 0) is 73.9 Å². The third-order valence-corrected chi connectivity index (χ3v) is 7.31. The normalized spacial score (nSPS) is 17.6. The standard InChI is InChI=1S/C33H46O4/c1-5-9-13-20-33(29-14-11-10-12-15-29)21-18-30(26(6-2)24-33)27-16-17-31(28(23-27)19-22-34)37-25-32(35-7-3)36-8-4/h10-12,14-18,21,23,32,34H,5-9,13,19-20,22,24-25H2,1-4H3. The van der Waals surface area contributed by atoms with Gasteiger partial charge in [-0.25, -0.2) is 0 Å². The maximum absolute atomic E-state index is 9.76. The average molecular weight is 507 g/mol. The smallest absolute Gasteiger partial charge is 0.191 e. The summed E-state index contributed by atoms with van der Waals surface area (Å²) in [5.74, 6) is 0.777. The zero-order chi connectivity index (χ0) is 26.5. The highest BCUT2D eigenvalue weighted by Gasteiger charge is 2.33. The summed E-state index contributed by atoms with van der Waals surface area (Å²) in [4.78, 5) is 0. The molecule has 1 unspecified atom stereocenters. The molecular formula is C33H46O4. The molecule has 0 radical (unpaired) electrons. The Morgan fingerprint density at radius 3 is 2.35 bits per heavy atom. The number of unbranched alkanes of at least 4 members (excludes halogenated alkanes) is 2. The van der Waals surface area contributed by atoms with Crippen molar-refractivity contribution in [2.45, 2.75) is 84.3 Å². The average Bonchev–Trinajstić information content (AvgIpc) is 2.93. The molecule has 0 saturated heterocycles. The lowest BCUT2D eigenvalue weighted by atomic mass is 9.67. The molecule has 0 aliphatic heterocycles. The Balaban J connectivity index is 1.89. The van der Waals surface area contributed by atoms with E-state index in [0.717, 1.165) is 24.2 Å². The van der Waals surface area contributed by atoms with Crippen molar-refractivity contribution in [1.29, 1.82) is 0 Å². The second kappa shape index (κ2) is 15.1. The van der Waals surface area contributed by atoms with E-state index in [1.165, 1.54) is 48.0 Å². The topological polar surface area (TPSA) is 47.9 Å². The molecule has 0 heterocycles. The van der Waals surface area contributed by atoms with Gasteiger partial charge in [0.05, 0.1) is 0 Å². The Morgan fingerprint density at radius 2 is 1.70 bits per heavy atom. The van der Waals surface area contributed by atoms with E-state index in [2.05, 4.69) is 68.5 Å². The van der Waals surface area contributed by atoms with Gasteiger partial charge in [-0.2, -0.15) is 0 Å².